The Bertz CT molecular complexity index is 478. The smallest absolute Gasteiger partial charge is 0.329 e. The highest BCUT2D eigenvalue weighted by atomic mass is 16.5. The molecule has 1 fully saturated rings. The predicted octanol–water partition coefficient (Wildman–Crippen LogP) is -0.306. The van der Waals surface area contributed by atoms with Crippen LogP contribution in [0.25, 0.3) is 0 Å². The molecule has 1 amide bonds. The number of carbonyl (C=O) groups excluding carboxylic acids is 1. The Morgan fingerprint density at radius 1 is 1.56 bits per heavy atom. The van der Waals surface area contributed by atoms with Gasteiger partial charge in [-0.25, -0.2) is 4.79 Å². The maximum Gasteiger partial charge on any atom is 0.329 e. The molecule has 0 atom stereocenters. The number of hydrogen-bond donors (Lipinski definition) is 1. The van der Waals surface area contributed by atoms with Crippen LogP contribution in [-0.2, 0) is 9.53 Å². The van der Waals surface area contributed by atoms with E-state index in [4.69, 9.17) is 14.4 Å². The molecule has 0 aliphatic carbocycles. The van der Waals surface area contributed by atoms with Crippen molar-refractivity contribution >= 4 is 11.9 Å². The summed E-state index contributed by atoms with van der Waals surface area (Å²) in [5.41, 5.74) is -0.618. The molecule has 18 heavy (non-hydrogen) atoms. The number of rotatable bonds is 4. The minimum atomic E-state index is -1.03. The summed E-state index contributed by atoms with van der Waals surface area (Å²) < 4.78 is 9.91. The average molecular weight is 255 g/mol. The fourth-order valence-electron chi connectivity index (χ4n) is 1.76. The van der Waals surface area contributed by atoms with Crippen LogP contribution in [0.5, 0.6) is 0 Å². The number of hydrogen-bond acceptors (Lipinski definition) is 6. The summed E-state index contributed by atoms with van der Waals surface area (Å²) in [6, 6.07) is 0. The maximum atomic E-state index is 11.8. The molecule has 1 saturated heterocycles. The minimum Gasteiger partial charge on any atom is -0.480 e. The Hall–Kier alpha value is -1.96. The molecule has 8 heteroatoms. The van der Waals surface area contributed by atoms with E-state index in [0.29, 0.717) is 19.0 Å². The zero-order chi connectivity index (χ0) is 13.3. The molecule has 8 nitrogen and oxygen atoms in total. The van der Waals surface area contributed by atoms with Crippen molar-refractivity contribution in [2.45, 2.75) is 19.4 Å². The van der Waals surface area contributed by atoms with Crippen LogP contribution >= 0.6 is 0 Å². The van der Waals surface area contributed by atoms with E-state index >= 15 is 0 Å². The third-order valence-electron chi connectivity index (χ3n) is 2.60. The molecule has 98 valence electrons. The van der Waals surface area contributed by atoms with Crippen molar-refractivity contribution < 1.29 is 24.0 Å². The second-order valence-corrected chi connectivity index (χ2v) is 4.43. The molecule has 0 aromatic carbocycles. The van der Waals surface area contributed by atoms with Gasteiger partial charge in [0, 0.05) is 6.92 Å². The largest absolute Gasteiger partial charge is 0.480 e. The van der Waals surface area contributed by atoms with Gasteiger partial charge in [0.1, 0.15) is 12.2 Å². The van der Waals surface area contributed by atoms with Gasteiger partial charge in [-0.3, -0.25) is 4.79 Å². The van der Waals surface area contributed by atoms with Gasteiger partial charge in [0.2, 0.25) is 5.89 Å². The predicted molar refractivity (Wildman–Crippen MR) is 56.9 cm³/mol. The zero-order valence-electron chi connectivity index (χ0n) is 10.0. The lowest BCUT2D eigenvalue weighted by atomic mass is 9.96. The first-order chi connectivity index (χ1) is 8.39. The van der Waals surface area contributed by atoms with Crippen molar-refractivity contribution in [1.82, 2.24) is 15.0 Å². The second kappa shape index (κ2) is 4.37. The van der Waals surface area contributed by atoms with Gasteiger partial charge >= 0.3 is 5.97 Å². The highest BCUT2D eigenvalue weighted by Crippen LogP contribution is 2.25. The number of likely N-dealkylation sites (tertiary alicyclic amines) is 1. The Morgan fingerprint density at radius 2 is 2.22 bits per heavy atom. The lowest BCUT2D eigenvalue weighted by Gasteiger charge is -2.46. The summed E-state index contributed by atoms with van der Waals surface area (Å²) >= 11 is 0. The zero-order valence-corrected chi connectivity index (χ0v) is 10.0. The van der Waals surface area contributed by atoms with Crippen molar-refractivity contribution in [3.63, 3.8) is 0 Å². The van der Waals surface area contributed by atoms with E-state index in [-0.39, 0.29) is 18.3 Å². The van der Waals surface area contributed by atoms with Gasteiger partial charge in [-0.05, 0) is 6.92 Å². The van der Waals surface area contributed by atoms with E-state index in [1.807, 2.05) is 0 Å². The first kappa shape index (κ1) is 12.5. The van der Waals surface area contributed by atoms with Crippen LogP contribution in [0.3, 0.4) is 0 Å². The summed E-state index contributed by atoms with van der Waals surface area (Å²) in [4.78, 5) is 27.5. The summed E-state index contributed by atoms with van der Waals surface area (Å²) in [5, 5.41) is 12.0. The van der Waals surface area contributed by atoms with Crippen molar-refractivity contribution in [3.05, 3.63) is 11.7 Å². The number of aryl methyl sites for hydroxylation is 1. The highest BCUT2D eigenvalue weighted by molar-refractivity contribution is 5.91. The molecule has 2 rings (SSSR count). The van der Waals surface area contributed by atoms with Crippen LogP contribution in [0.1, 0.15) is 23.4 Å². The molecule has 1 aliphatic rings. The van der Waals surface area contributed by atoms with E-state index in [9.17, 15) is 9.59 Å². The number of aromatic nitrogens is 2. The number of carbonyl (C=O) groups is 2. The maximum absolute atomic E-state index is 11.8. The molecule has 0 radical (unpaired) electrons. The van der Waals surface area contributed by atoms with Crippen molar-refractivity contribution in [3.8, 4) is 0 Å². The van der Waals surface area contributed by atoms with Crippen LogP contribution < -0.4 is 0 Å². The molecule has 1 N–H and O–H groups in total. The lowest BCUT2D eigenvalue weighted by Crippen LogP contribution is -2.63. The lowest BCUT2D eigenvalue weighted by molar-refractivity contribution is -0.160. The van der Waals surface area contributed by atoms with E-state index in [0.717, 1.165) is 0 Å². The van der Waals surface area contributed by atoms with Crippen molar-refractivity contribution in [2.24, 2.45) is 0 Å². The Kier molecular flexibility index (Phi) is 3.04. The summed E-state index contributed by atoms with van der Waals surface area (Å²) in [5.74, 6) is -1.05. The SMILES string of the molecule is Cc1nc(C(=O)N2CC(C)(OCC(=O)O)C2)no1. The first-order valence-electron chi connectivity index (χ1n) is 5.35. The van der Waals surface area contributed by atoms with E-state index in [1.165, 1.54) is 4.90 Å². The molecule has 1 aromatic rings. The number of amides is 1. The fourth-order valence-corrected chi connectivity index (χ4v) is 1.76. The van der Waals surface area contributed by atoms with Crippen LogP contribution in [-0.4, -0.2) is 57.3 Å². The molecule has 0 saturated carbocycles. The Morgan fingerprint density at radius 3 is 2.72 bits per heavy atom. The average Bonchev–Trinajstić information content (AvgIpc) is 2.68. The third-order valence-corrected chi connectivity index (χ3v) is 2.60. The van der Waals surface area contributed by atoms with Gasteiger partial charge in [-0.15, -0.1) is 0 Å². The van der Waals surface area contributed by atoms with Gasteiger partial charge in [0.15, 0.2) is 0 Å². The molecule has 2 heterocycles. The number of ether oxygens (including phenoxy) is 1. The molecule has 0 unspecified atom stereocenters. The van der Waals surface area contributed by atoms with E-state index in [1.54, 1.807) is 13.8 Å². The first-order valence-corrected chi connectivity index (χ1v) is 5.35. The van der Waals surface area contributed by atoms with Gasteiger partial charge in [0.25, 0.3) is 11.7 Å². The topological polar surface area (TPSA) is 106 Å². The number of aliphatic carboxylic acids is 1. The van der Waals surface area contributed by atoms with Crippen LogP contribution in [0.2, 0.25) is 0 Å². The molecular formula is C10H13N3O5. The Labute approximate surface area is 103 Å². The second-order valence-electron chi connectivity index (χ2n) is 4.43. The van der Waals surface area contributed by atoms with Gasteiger partial charge in [-0.2, -0.15) is 4.98 Å². The number of nitrogens with zero attached hydrogens (tertiary/aromatic N) is 3. The molecule has 0 bridgehead atoms. The van der Waals surface area contributed by atoms with Gasteiger partial charge < -0.3 is 19.3 Å². The molecule has 1 aromatic heterocycles. The minimum absolute atomic E-state index is 0.00721. The normalized spacial score (nSPS) is 17.3. The number of carboxylic acid groups (broad SMARTS) is 1. The monoisotopic (exact) mass is 255 g/mol. The van der Waals surface area contributed by atoms with Gasteiger partial charge in [-0.1, -0.05) is 5.16 Å². The van der Waals surface area contributed by atoms with E-state index < -0.39 is 11.6 Å². The summed E-state index contributed by atoms with van der Waals surface area (Å²) in [6.07, 6.45) is 0. The number of carboxylic acids is 1. The van der Waals surface area contributed by atoms with Crippen LogP contribution in [0.15, 0.2) is 4.52 Å². The van der Waals surface area contributed by atoms with Crippen molar-refractivity contribution in [2.75, 3.05) is 19.7 Å². The summed E-state index contributed by atoms with van der Waals surface area (Å²) in [6.45, 7) is 3.60. The molecular weight excluding hydrogens is 242 g/mol. The summed E-state index contributed by atoms with van der Waals surface area (Å²) in [7, 11) is 0. The Balaban J connectivity index is 1.88. The molecule has 1 aliphatic heterocycles. The quantitative estimate of drug-likeness (QED) is 0.786. The third kappa shape index (κ3) is 2.48. The van der Waals surface area contributed by atoms with E-state index in [2.05, 4.69) is 10.1 Å². The van der Waals surface area contributed by atoms with Crippen LogP contribution in [0, 0.1) is 6.92 Å². The van der Waals surface area contributed by atoms with Gasteiger partial charge in [0.05, 0.1) is 13.1 Å². The highest BCUT2D eigenvalue weighted by Gasteiger charge is 2.44. The van der Waals surface area contributed by atoms with Crippen LogP contribution in [0.4, 0.5) is 0 Å². The molecule has 0 spiro atoms. The standard InChI is InChI=1S/C10H13N3O5/c1-6-11-8(12-18-6)9(16)13-4-10(2,5-13)17-3-7(14)15/h3-5H2,1-2H3,(H,14,15). The van der Waals surface area contributed by atoms with Crippen molar-refractivity contribution in [1.29, 1.82) is 0 Å². The fraction of sp³-hybridized carbons (Fsp3) is 0.600.